The zero-order chi connectivity index (χ0) is 13.5. The fourth-order valence-electron chi connectivity index (χ4n) is 1.34. The van der Waals surface area contributed by atoms with Crippen molar-refractivity contribution in [2.75, 3.05) is 13.1 Å². The second kappa shape index (κ2) is 7.54. The second-order valence-corrected chi connectivity index (χ2v) is 5.45. The van der Waals surface area contributed by atoms with Crippen molar-refractivity contribution in [3.05, 3.63) is 0 Å². The summed E-state index contributed by atoms with van der Waals surface area (Å²) in [5.74, 6) is 0. The SMILES string of the molecule is CCCCN(CC(N)CC)C(=O)OC(C)(C)C. The predicted octanol–water partition coefficient (Wildman–Crippen LogP) is 2.76. The monoisotopic (exact) mass is 244 g/mol. The topological polar surface area (TPSA) is 55.6 Å². The molecule has 0 saturated heterocycles. The van der Waals surface area contributed by atoms with Gasteiger partial charge >= 0.3 is 6.09 Å². The first-order valence-electron chi connectivity index (χ1n) is 6.53. The number of amides is 1. The molecule has 2 N–H and O–H groups in total. The standard InChI is InChI=1S/C13H28N2O2/c1-6-8-9-15(10-11(14)7-2)12(16)17-13(3,4)5/h11H,6-10,14H2,1-5H3. The number of carbonyl (C=O) groups excluding carboxylic acids is 1. The molecule has 1 amide bonds. The van der Waals surface area contributed by atoms with Gasteiger partial charge in [0.1, 0.15) is 5.60 Å². The van der Waals surface area contributed by atoms with E-state index in [4.69, 9.17) is 10.5 Å². The average molecular weight is 244 g/mol. The Labute approximate surface area is 105 Å². The van der Waals surface area contributed by atoms with Crippen molar-refractivity contribution < 1.29 is 9.53 Å². The third kappa shape index (κ3) is 8.02. The van der Waals surface area contributed by atoms with Gasteiger partial charge in [-0.05, 0) is 33.6 Å². The Morgan fingerprint density at radius 2 is 1.94 bits per heavy atom. The molecule has 4 heteroatoms. The molecule has 102 valence electrons. The molecule has 0 fully saturated rings. The van der Waals surface area contributed by atoms with Crippen molar-refractivity contribution in [1.82, 2.24) is 4.90 Å². The molecule has 0 spiro atoms. The highest BCUT2D eigenvalue weighted by molar-refractivity contribution is 5.68. The smallest absolute Gasteiger partial charge is 0.410 e. The van der Waals surface area contributed by atoms with E-state index in [1.54, 1.807) is 4.90 Å². The van der Waals surface area contributed by atoms with E-state index < -0.39 is 5.60 Å². The zero-order valence-corrected chi connectivity index (χ0v) is 12.0. The van der Waals surface area contributed by atoms with Gasteiger partial charge in [0.15, 0.2) is 0 Å². The van der Waals surface area contributed by atoms with Crippen molar-refractivity contribution in [2.24, 2.45) is 5.73 Å². The number of nitrogens with zero attached hydrogens (tertiary/aromatic N) is 1. The lowest BCUT2D eigenvalue weighted by Crippen LogP contribution is -2.43. The summed E-state index contributed by atoms with van der Waals surface area (Å²) in [6, 6.07) is 0.0272. The first-order valence-corrected chi connectivity index (χ1v) is 6.53. The van der Waals surface area contributed by atoms with Crippen LogP contribution in [-0.2, 0) is 4.74 Å². The van der Waals surface area contributed by atoms with E-state index in [2.05, 4.69) is 6.92 Å². The molecule has 1 unspecified atom stereocenters. The molecule has 0 aromatic heterocycles. The molecule has 0 saturated carbocycles. The normalized spacial score (nSPS) is 13.3. The van der Waals surface area contributed by atoms with E-state index in [1.807, 2.05) is 27.7 Å². The Morgan fingerprint density at radius 1 is 1.35 bits per heavy atom. The lowest BCUT2D eigenvalue weighted by atomic mass is 10.2. The summed E-state index contributed by atoms with van der Waals surface area (Å²) in [5.41, 5.74) is 5.45. The lowest BCUT2D eigenvalue weighted by molar-refractivity contribution is 0.0236. The van der Waals surface area contributed by atoms with Gasteiger partial charge in [0.25, 0.3) is 0 Å². The highest BCUT2D eigenvalue weighted by Crippen LogP contribution is 2.11. The maximum Gasteiger partial charge on any atom is 0.410 e. The summed E-state index contributed by atoms with van der Waals surface area (Å²) in [4.78, 5) is 13.7. The number of ether oxygens (including phenoxy) is 1. The minimum absolute atomic E-state index is 0.0272. The van der Waals surface area contributed by atoms with Crippen molar-refractivity contribution in [2.45, 2.75) is 65.5 Å². The Bertz CT molecular complexity index is 224. The third-order valence-corrected chi connectivity index (χ3v) is 2.41. The van der Waals surface area contributed by atoms with Gasteiger partial charge in [-0.1, -0.05) is 20.3 Å². The van der Waals surface area contributed by atoms with Crippen LogP contribution in [0.4, 0.5) is 4.79 Å². The Balaban J connectivity index is 4.39. The van der Waals surface area contributed by atoms with Crippen molar-refractivity contribution in [3.63, 3.8) is 0 Å². The van der Waals surface area contributed by atoms with Crippen LogP contribution in [0.3, 0.4) is 0 Å². The van der Waals surface area contributed by atoms with E-state index in [-0.39, 0.29) is 12.1 Å². The highest BCUT2D eigenvalue weighted by Gasteiger charge is 2.22. The van der Waals surface area contributed by atoms with Crippen LogP contribution in [0.15, 0.2) is 0 Å². The third-order valence-electron chi connectivity index (χ3n) is 2.41. The quantitative estimate of drug-likeness (QED) is 0.781. The van der Waals surface area contributed by atoms with E-state index in [1.165, 1.54) is 0 Å². The maximum atomic E-state index is 12.0. The van der Waals surface area contributed by atoms with Crippen LogP contribution in [0.1, 0.15) is 53.9 Å². The van der Waals surface area contributed by atoms with Gasteiger partial charge in [-0.3, -0.25) is 0 Å². The van der Waals surface area contributed by atoms with Crippen LogP contribution in [0.25, 0.3) is 0 Å². The van der Waals surface area contributed by atoms with Crippen molar-refractivity contribution in [3.8, 4) is 0 Å². The van der Waals surface area contributed by atoms with Gasteiger partial charge in [-0.25, -0.2) is 4.79 Å². The number of unbranched alkanes of at least 4 members (excludes halogenated alkanes) is 1. The number of rotatable bonds is 6. The molecule has 0 rings (SSSR count). The lowest BCUT2D eigenvalue weighted by Gasteiger charge is -2.29. The summed E-state index contributed by atoms with van der Waals surface area (Å²) in [5, 5.41) is 0. The van der Waals surface area contributed by atoms with E-state index in [0.29, 0.717) is 6.54 Å². The molecule has 1 atom stereocenters. The number of carbonyl (C=O) groups is 1. The summed E-state index contributed by atoms with van der Waals surface area (Å²) < 4.78 is 5.37. The van der Waals surface area contributed by atoms with E-state index in [9.17, 15) is 4.79 Å². The summed E-state index contributed by atoms with van der Waals surface area (Å²) >= 11 is 0. The summed E-state index contributed by atoms with van der Waals surface area (Å²) in [6.45, 7) is 11.1. The molecule has 0 heterocycles. The van der Waals surface area contributed by atoms with Gasteiger partial charge in [0.05, 0.1) is 0 Å². The number of hydrogen-bond acceptors (Lipinski definition) is 3. The Morgan fingerprint density at radius 3 is 2.35 bits per heavy atom. The first-order chi connectivity index (χ1) is 7.80. The van der Waals surface area contributed by atoms with Crippen LogP contribution in [-0.4, -0.2) is 35.7 Å². The Kier molecular flexibility index (Phi) is 7.19. The van der Waals surface area contributed by atoms with Gasteiger partial charge in [0.2, 0.25) is 0 Å². The minimum Gasteiger partial charge on any atom is -0.444 e. The molecule has 0 bridgehead atoms. The van der Waals surface area contributed by atoms with Gasteiger partial charge in [-0.15, -0.1) is 0 Å². The molecular formula is C13H28N2O2. The summed E-state index contributed by atoms with van der Waals surface area (Å²) in [7, 11) is 0. The molecule has 0 aliphatic rings. The highest BCUT2D eigenvalue weighted by atomic mass is 16.6. The van der Waals surface area contributed by atoms with Crippen LogP contribution in [0.5, 0.6) is 0 Å². The summed E-state index contributed by atoms with van der Waals surface area (Å²) in [6.07, 6.45) is 2.65. The molecular weight excluding hydrogens is 216 g/mol. The van der Waals surface area contributed by atoms with Crippen LogP contribution < -0.4 is 5.73 Å². The van der Waals surface area contributed by atoms with E-state index >= 15 is 0 Å². The molecule has 4 nitrogen and oxygen atoms in total. The number of hydrogen-bond donors (Lipinski definition) is 1. The minimum atomic E-state index is -0.447. The first kappa shape index (κ1) is 16.2. The predicted molar refractivity (Wildman–Crippen MR) is 71.0 cm³/mol. The van der Waals surface area contributed by atoms with Crippen LogP contribution in [0.2, 0.25) is 0 Å². The maximum absolute atomic E-state index is 12.0. The Hall–Kier alpha value is -0.770. The van der Waals surface area contributed by atoms with Crippen LogP contribution in [0, 0.1) is 0 Å². The van der Waals surface area contributed by atoms with Crippen molar-refractivity contribution >= 4 is 6.09 Å². The fraction of sp³-hybridized carbons (Fsp3) is 0.923. The van der Waals surface area contributed by atoms with E-state index in [0.717, 1.165) is 25.8 Å². The largest absolute Gasteiger partial charge is 0.444 e. The fourth-order valence-corrected chi connectivity index (χ4v) is 1.34. The van der Waals surface area contributed by atoms with Crippen LogP contribution >= 0.6 is 0 Å². The second-order valence-electron chi connectivity index (χ2n) is 5.45. The van der Waals surface area contributed by atoms with Crippen molar-refractivity contribution in [1.29, 1.82) is 0 Å². The molecule has 0 aliphatic heterocycles. The van der Waals surface area contributed by atoms with Gasteiger partial charge in [0, 0.05) is 19.1 Å². The van der Waals surface area contributed by atoms with Gasteiger partial charge in [-0.2, -0.15) is 0 Å². The van der Waals surface area contributed by atoms with Gasteiger partial charge < -0.3 is 15.4 Å². The number of nitrogens with two attached hydrogens (primary N) is 1. The molecule has 17 heavy (non-hydrogen) atoms. The zero-order valence-electron chi connectivity index (χ0n) is 12.0. The molecule has 0 aromatic rings. The molecule has 0 aliphatic carbocycles. The molecule has 0 aromatic carbocycles. The average Bonchev–Trinajstić information content (AvgIpc) is 2.21. The molecule has 0 radical (unpaired) electrons.